The molecule has 0 bridgehead atoms. The van der Waals surface area contributed by atoms with Crippen LogP contribution in [0, 0.1) is 18.6 Å². The van der Waals surface area contributed by atoms with Crippen molar-refractivity contribution in [3.05, 3.63) is 40.4 Å². The lowest BCUT2D eigenvalue weighted by Crippen LogP contribution is -2.17. The third kappa shape index (κ3) is 2.73. The van der Waals surface area contributed by atoms with E-state index in [1.807, 2.05) is 13.8 Å². The highest BCUT2D eigenvalue weighted by atomic mass is 32.1. The lowest BCUT2D eigenvalue weighted by atomic mass is 10.2. The molecule has 2 nitrogen and oxygen atoms in total. The van der Waals surface area contributed by atoms with Crippen LogP contribution < -0.4 is 5.73 Å². The fraction of sp³-hybridized carbons (Fsp3) is 0.308. The molecule has 1 aromatic heterocycles. The molecule has 2 rings (SSSR count). The van der Waals surface area contributed by atoms with Crippen LogP contribution in [0.1, 0.15) is 17.5 Å². The Bertz CT molecular complexity index is 564. The van der Waals surface area contributed by atoms with Gasteiger partial charge in [0.25, 0.3) is 0 Å². The molecule has 1 aromatic carbocycles. The van der Waals surface area contributed by atoms with E-state index in [9.17, 15) is 8.78 Å². The summed E-state index contributed by atoms with van der Waals surface area (Å²) in [5.74, 6) is -0.925. The van der Waals surface area contributed by atoms with Crippen molar-refractivity contribution >= 4 is 11.3 Å². The second-order valence-electron chi connectivity index (χ2n) is 4.33. The zero-order valence-corrected chi connectivity index (χ0v) is 11.0. The highest BCUT2D eigenvalue weighted by Gasteiger charge is 2.14. The number of nitrogens with zero attached hydrogens (tertiary/aromatic N) is 1. The molecule has 0 saturated heterocycles. The molecule has 0 fully saturated rings. The van der Waals surface area contributed by atoms with Gasteiger partial charge in [0.1, 0.15) is 16.6 Å². The summed E-state index contributed by atoms with van der Waals surface area (Å²) in [6.45, 7) is 3.76. The van der Waals surface area contributed by atoms with Crippen LogP contribution >= 0.6 is 11.3 Å². The molecule has 0 aliphatic rings. The minimum absolute atomic E-state index is 0.0226. The Morgan fingerprint density at radius 2 is 2.11 bits per heavy atom. The minimum Gasteiger partial charge on any atom is -0.328 e. The van der Waals surface area contributed by atoms with Crippen LogP contribution in [0.4, 0.5) is 8.78 Å². The number of aryl methyl sites for hydroxylation is 1. The van der Waals surface area contributed by atoms with Gasteiger partial charge < -0.3 is 5.73 Å². The van der Waals surface area contributed by atoms with Crippen molar-refractivity contribution in [2.45, 2.75) is 26.3 Å². The zero-order chi connectivity index (χ0) is 13.3. The van der Waals surface area contributed by atoms with Crippen LogP contribution in [0.25, 0.3) is 10.6 Å². The summed E-state index contributed by atoms with van der Waals surface area (Å²) in [7, 11) is 0. The summed E-state index contributed by atoms with van der Waals surface area (Å²) in [6, 6.07) is 3.41. The molecule has 0 amide bonds. The molecular formula is C13H14F2N2S. The summed E-state index contributed by atoms with van der Waals surface area (Å²) in [4.78, 5) is 5.31. The molecule has 0 spiro atoms. The molecule has 2 aromatic rings. The van der Waals surface area contributed by atoms with E-state index in [0.29, 0.717) is 11.4 Å². The fourth-order valence-corrected chi connectivity index (χ4v) is 2.91. The van der Waals surface area contributed by atoms with Gasteiger partial charge in [0, 0.05) is 16.5 Å². The third-order valence-electron chi connectivity index (χ3n) is 2.56. The number of hydrogen-bond donors (Lipinski definition) is 1. The lowest BCUT2D eigenvalue weighted by molar-refractivity contribution is 0.603. The highest BCUT2D eigenvalue weighted by Crippen LogP contribution is 2.30. The lowest BCUT2D eigenvalue weighted by Gasteiger charge is -2.01. The Labute approximate surface area is 108 Å². The van der Waals surface area contributed by atoms with Gasteiger partial charge in [-0.3, -0.25) is 0 Å². The Morgan fingerprint density at radius 1 is 1.39 bits per heavy atom. The smallest absolute Gasteiger partial charge is 0.133 e. The summed E-state index contributed by atoms with van der Waals surface area (Å²) in [5.41, 5.74) is 6.78. The molecule has 0 radical (unpaired) electrons. The Hall–Kier alpha value is -1.33. The predicted molar refractivity (Wildman–Crippen MR) is 69.6 cm³/mol. The maximum Gasteiger partial charge on any atom is 0.133 e. The first-order chi connectivity index (χ1) is 8.47. The van der Waals surface area contributed by atoms with Crippen LogP contribution in [0.15, 0.2) is 18.2 Å². The highest BCUT2D eigenvalue weighted by molar-refractivity contribution is 7.15. The average molecular weight is 268 g/mol. The van der Waals surface area contributed by atoms with E-state index in [-0.39, 0.29) is 11.6 Å². The van der Waals surface area contributed by atoms with E-state index in [1.165, 1.54) is 17.4 Å². The SMILES string of the molecule is Cc1nc(-c2cc(F)ccc2F)sc1CC(C)N. The van der Waals surface area contributed by atoms with Crippen molar-refractivity contribution in [1.82, 2.24) is 4.98 Å². The van der Waals surface area contributed by atoms with Crippen molar-refractivity contribution in [2.75, 3.05) is 0 Å². The maximum absolute atomic E-state index is 13.6. The quantitative estimate of drug-likeness (QED) is 0.927. The van der Waals surface area contributed by atoms with Crippen molar-refractivity contribution < 1.29 is 8.78 Å². The fourth-order valence-electron chi connectivity index (χ4n) is 1.69. The second-order valence-corrected chi connectivity index (χ2v) is 5.42. The van der Waals surface area contributed by atoms with E-state index >= 15 is 0 Å². The molecule has 1 unspecified atom stereocenters. The molecule has 0 aliphatic carbocycles. The van der Waals surface area contributed by atoms with Gasteiger partial charge in [0.15, 0.2) is 0 Å². The largest absolute Gasteiger partial charge is 0.328 e. The molecule has 0 aliphatic heterocycles. The van der Waals surface area contributed by atoms with Crippen LogP contribution in [0.3, 0.4) is 0 Å². The van der Waals surface area contributed by atoms with Gasteiger partial charge in [-0.15, -0.1) is 11.3 Å². The van der Waals surface area contributed by atoms with Gasteiger partial charge in [0.05, 0.1) is 5.69 Å². The monoisotopic (exact) mass is 268 g/mol. The summed E-state index contributed by atoms with van der Waals surface area (Å²) < 4.78 is 26.8. The summed E-state index contributed by atoms with van der Waals surface area (Å²) >= 11 is 1.37. The van der Waals surface area contributed by atoms with E-state index in [2.05, 4.69) is 4.98 Å². The topological polar surface area (TPSA) is 38.9 Å². The number of aromatic nitrogens is 1. The van der Waals surface area contributed by atoms with Crippen LogP contribution in [0.2, 0.25) is 0 Å². The normalized spacial score (nSPS) is 12.7. The van der Waals surface area contributed by atoms with Crippen molar-refractivity contribution in [2.24, 2.45) is 5.73 Å². The number of halogens is 2. The molecule has 18 heavy (non-hydrogen) atoms. The van der Waals surface area contributed by atoms with E-state index in [4.69, 9.17) is 5.73 Å². The molecule has 2 N–H and O–H groups in total. The number of benzene rings is 1. The Balaban J connectivity index is 2.42. The van der Waals surface area contributed by atoms with E-state index < -0.39 is 11.6 Å². The number of nitrogens with two attached hydrogens (primary N) is 1. The molecular weight excluding hydrogens is 254 g/mol. The van der Waals surface area contributed by atoms with Crippen LogP contribution in [-0.2, 0) is 6.42 Å². The number of thiazole rings is 1. The number of hydrogen-bond acceptors (Lipinski definition) is 3. The van der Waals surface area contributed by atoms with Crippen LogP contribution in [-0.4, -0.2) is 11.0 Å². The van der Waals surface area contributed by atoms with E-state index in [0.717, 1.165) is 22.7 Å². The molecule has 1 atom stereocenters. The van der Waals surface area contributed by atoms with Crippen molar-refractivity contribution in [3.8, 4) is 10.6 Å². The molecule has 0 saturated carbocycles. The predicted octanol–water partition coefficient (Wildman–Crippen LogP) is 3.29. The first-order valence-corrected chi connectivity index (χ1v) is 6.46. The zero-order valence-electron chi connectivity index (χ0n) is 10.2. The third-order valence-corrected chi connectivity index (χ3v) is 3.77. The summed E-state index contributed by atoms with van der Waals surface area (Å²) in [5, 5.41) is 0.500. The molecule has 1 heterocycles. The van der Waals surface area contributed by atoms with Crippen molar-refractivity contribution in [3.63, 3.8) is 0 Å². The minimum atomic E-state index is -0.465. The Kier molecular flexibility index (Phi) is 3.73. The van der Waals surface area contributed by atoms with Crippen LogP contribution in [0.5, 0.6) is 0 Å². The standard InChI is InChI=1S/C13H14F2N2S/c1-7(16)5-12-8(2)17-13(18-12)10-6-9(14)3-4-11(10)15/h3-4,6-7H,5,16H2,1-2H3. The summed E-state index contributed by atoms with van der Waals surface area (Å²) in [6.07, 6.45) is 0.695. The first kappa shape index (κ1) is 13.1. The van der Waals surface area contributed by atoms with Gasteiger partial charge in [0.2, 0.25) is 0 Å². The van der Waals surface area contributed by atoms with Gasteiger partial charge >= 0.3 is 0 Å². The second kappa shape index (κ2) is 5.12. The van der Waals surface area contributed by atoms with Gasteiger partial charge in [-0.1, -0.05) is 0 Å². The molecule has 96 valence electrons. The maximum atomic E-state index is 13.6. The number of rotatable bonds is 3. The Morgan fingerprint density at radius 3 is 2.78 bits per heavy atom. The van der Waals surface area contributed by atoms with Gasteiger partial charge in [-0.25, -0.2) is 13.8 Å². The van der Waals surface area contributed by atoms with Gasteiger partial charge in [-0.05, 0) is 38.5 Å². The van der Waals surface area contributed by atoms with Crippen molar-refractivity contribution in [1.29, 1.82) is 0 Å². The molecule has 5 heteroatoms. The average Bonchev–Trinajstić information content (AvgIpc) is 2.63. The first-order valence-electron chi connectivity index (χ1n) is 5.64. The van der Waals surface area contributed by atoms with Gasteiger partial charge in [-0.2, -0.15) is 0 Å². The van der Waals surface area contributed by atoms with E-state index in [1.54, 1.807) is 0 Å².